The molecule has 0 bridgehead atoms. The Balaban J connectivity index is 1.45. The molecule has 1 aliphatic rings. The van der Waals surface area contributed by atoms with Gasteiger partial charge in [-0.1, -0.05) is 0 Å². The molecule has 12 heteroatoms. The number of amides is 1. The molecule has 0 atom stereocenters. The Morgan fingerprint density at radius 1 is 1.20 bits per heavy atom. The fourth-order valence-corrected chi connectivity index (χ4v) is 5.35. The molecule has 0 N–H and O–H groups in total. The minimum absolute atomic E-state index is 0.0521. The number of hydrogen-bond acceptors (Lipinski definition) is 7. The SMILES string of the molecule is CCN(C(=O)OC(C)(C)C)c1cc2c(cn1)c(-c1cnn(C)c1)nn2C1CCC(Oc2nccc(I)c2F)CC1. The fourth-order valence-electron chi connectivity index (χ4n) is 4.96. The van der Waals surface area contributed by atoms with E-state index in [4.69, 9.17) is 14.6 Å². The molecule has 0 unspecified atom stereocenters. The van der Waals surface area contributed by atoms with Crippen molar-refractivity contribution in [2.75, 3.05) is 11.4 Å². The van der Waals surface area contributed by atoms with E-state index in [1.54, 1.807) is 29.3 Å². The van der Waals surface area contributed by atoms with Gasteiger partial charge >= 0.3 is 6.09 Å². The Hall–Kier alpha value is -3.29. The lowest BCUT2D eigenvalue weighted by Gasteiger charge is -2.29. The van der Waals surface area contributed by atoms with Gasteiger partial charge in [0, 0.05) is 49.2 Å². The number of pyridine rings is 2. The van der Waals surface area contributed by atoms with Crippen LogP contribution >= 0.6 is 22.6 Å². The number of halogens is 2. The number of rotatable bonds is 6. The van der Waals surface area contributed by atoms with E-state index in [9.17, 15) is 9.18 Å². The fraction of sp³-hybridized carbons (Fsp3) is 0.464. The number of nitrogens with zero attached hydrogens (tertiary/aromatic N) is 7. The molecule has 0 saturated heterocycles. The van der Waals surface area contributed by atoms with Crippen LogP contribution in [0.1, 0.15) is 59.4 Å². The lowest BCUT2D eigenvalue weighted by molar-refractivity contribution is 0.0581. The van der Waals surface area contributed by atoms with Crippen molar-refractivity contribution in [2.24, 2.45) is 7.05 Å². The molecular formula is C28H33FIN7O3. The highest BCUT2D eigenvalue weighted by Crippen LogP contribution is 2.37. The van der Waals surface area contributed by atoms with E-state index in [0.29, 0.717) is 15.9 Å². The van der Waals surface area contributed by atoms with Gasteiger partial charge in [0.25, 0.3) is 5.88 Å². The highest BCUT2D eigenvalue weighted by atomic mass is 127. The molecule has 0 aliphatic heterocycles. The lowest BCUT2D eigenvalue weighted by Crippen LogP contribution is -2.37. The van der Waals surface area contributed by atoms with E-state index >= 15 is 0 Å². The molecule has 4 heterocycles. The Morgan fingerprint density at radius 3 is 2.60 bits per heavy atom. The Morgan fingerprint density at radius 2 is 1.95 bits per heavy atom. The van der Waals surface area contributed by atoms with Crippen LogP contribution in [-0.4, -0.2) is 53.9 Å². The molecule has 0 aromatic carbocycles. The number of hydrogen-bond donors (Lipinski definition) is 0. The zero-order chi connectivity index (χ0) is 28.6. The van der Waals surface area contributed by atoms with Crippen molar-refractivity contribution >= 4 is 45.4 Å². The molecule has 4 aromatic rings. The molecule has 5 rings (SSSR count). The molecule has 0 spiro atoms. The van der Waals surface area contributed by atoms with Crippen LogP contribution in [0.25, 0.3) is 22.2 Å². The summed E-state index contributed by atoms with van der Waals surface area (Å²) >= 11 is 1.94. The number of carbonyl (C=O) groups is 1. The number of carbonyl (C=O) groups excluding carboxylic acids is 1. The Kier molecular flexibility index (Phi) is 7.98. The predicted octanol–water partition coefficient (Wildman–Crippen LogP) is 6.29. The monoisotopic (exact) mass is 661 g/mol. The zero-order valence-corrected chi connectivity index (χ0v) is 25.4. The van der Waals surface area contributed by atoms with Gasteiger partial charge in [0.1, 0.15) is 23.2 Å². The van der Waals surface area contributed by atoms with Crippen molar-refractivity contribution in [3.63, 3.8) is 0 Å². The first kappa shape index (κ1) is 28.2. The molecule has 4 aromatic heterocycles. The topological polar surface area (TPSA) is 100 Å². The first-order chi connectivity index (χ1) is 19.0. The molecule has 212 valence electrons. The van der Waals surface area contributed by atoms with Gasteiger partial charge in [-0.2, -0.15) is 14.6 Å². The van der Waals surface area contributed by atoms with Crippen LogP contribution in [0.2, 0.25) is 0 Å². The average molecular weight is 662 g/mol. The highest BCUT2D eigenvalue weighted by Gasteiger charge is 2.29. The molecule has 40 heavy (non-hydrogen) atoms. The minimum atomic E-state index is -0.624. The molecule has 0 radical (unpaired) electrons. The molecule has 1 aliphatic carbocycles. The molecular weight excluding hydrogens is 628 g/mol. The summed E-state index contributed by atoms with van der Waals surface area (Å²) in [7, 11) is 1.87. The van der Waals surface area contributed by atoms with Gasteiger partial charge in [0.05, 0.1) is 21.3 Å². The van der Waals surface area contributed by atoms with Crippen molar-refractivity contribution in [3.8, 4) is 17.1 Å². The van der Waals surface area contributed by atoms with Crippen molar-refractivity contribution in [3.05, 3.63) is 46.3 Å². The second-order valence-corrected chi connectivity index (χ2v) is 12.1. The van der Waals surface area contributed by atoms with E-state index in [0.717, 1.165) is 47.8 Å². The molecule has 1 saturated carbocycles. The first-order valence-corrected chi connectivity index (χ1v) is 14.5. The van der Waals surface area contributed by atoms with Crippen molar-refractivity contribution in [2.45, 2.75) is 71.1 Å². The number of anilines is 1. The smallest absolute Gasteiger partial charge is 0.415 e. The summed E-state index contributed by atoms with van der Waals surface area (Å²) in [6.07, 6.45) is 9.51. The van der Waals surface area contributed by atoms with Crippen LogP contribution in [0.5, 0.6) is 5.88 Å². The second-order valence-electron chi connectivity index (χ2n) is 10.9. The van der Waals surface area contributed by atoms with Gasteiger partial charge in [0.15, 0.2) is 5.82 Å². The minimum Gasteiger partial charge on any atom is -0.472 e. The average Bonchev–Trinajstić information content (AvgIpc) is 3.50. The third-order valence-corrected chi connectivity index (χ3v) is 7.67. The van der Waals surface area contributed by atoms with Crippen LogP contribution in [0, 0.1) is 9.39 Å². The van der Waals surface area contributed by atoms with Gasteiger partial charge < -0.3 is 9.47 Å². The number of ether oxygens (including phenoxy) is 2. The Labute approximate surface area is 246 Å². The van der Waals surface area contributed by atoms with Gasteiger partial charge in [-0.25, -0.2) is 14.8 Å². The van der Waals surface area contributed by atoms with Gasteiger partial charge in [0.2, 0.25) is 0 Å². The number of fused-ring (bicyclic) bond motifs is 1. The van der Waals surface area contributed by atoms with E-state index in [1.807, 2.05) is 74.3 Å². The van der Waals surface area contributed by atoms with Gasteiger partial charge in [-0.3, -0.25) is 14.3 Å². The molecule has 10 nitrogen and oxygen atoms in total. The van der Waals surface area contributed by atoms with Crippen molar-refractivity contribution < 1.29 is 18.7 Å². The van der Waals surface area contributed by atoms with Crippen LogP contribution in [0.3, 0.4) is 0 Å². The van der Waals surface area contributed by atoms with E-state index < -0.39 is 17.5 Å². The molecule has 1 fully saturated rings. The highest BCUT2D eigenvalue weighted by molar-refractivity contribution is 14.1. The Bertz CT molecular complexity index is 1520. The van der Waals surface area contributed by atoms with E-state index in [2.05, 4.69) is 15.1 Å². The maximum atomic E-state index is 14.5. The van der Waals surface area contributed by atoms with Gasteiger partial charge in [-0.15, -0.1) is 0 Å². The lowest BCUT2D eigenvalue weighted by atomic mass is 9.93. The van der Waals surface area contributed by atoms with Crippen molar-refractivity contribution in [1.82, 2.24) is 29.5 Å². The second kappa shape index (κ2) is 11.3. The van der Waals surface area contributed by atoms with E-state index in [1.165, 1.54) is 4.90 Å². The van der Waals surface area contributed by atoms with E-state index in [-0.39, 0.29) is 18.0 Å². The first-order valence-electron chi connectivity index (χ1n) is 13.4. The van der Waals surface area contributed by atoms with Crippen LogP contribution in [0.15, 0.2) is 36.9 Å². The summed E-state index contributed by atoms with van der Waals surface area (Å²) in [6, 6.07) is 3.62. The van der Waals surface area contributed by atoms with Crippen molar-refractivity contribution in [1.29, 1.82) is 0 Å². The van der Waals surface area contributed by atoms with Crippen LogP contribution < -0.4 is 9.64 Å². The summed E-state index contributed by atoms with van der Waals surface area (Å²) in [6.45, 7) is 7.82. The number of aromatic nitrogens is 6. The summed E-state index contributed by atoms with van der Waals surface area (Å²) < 4.78 is 30.3. The van der Waals surface area contributed by atoms with Crippen LogP contribution in [-0.2, 0) is 11.8 Å². The largest absolute Gasteiger partial charge is 0.472 e. The van der Waals surface area contributed by atoms with Gasteiger partial charge in [-0.05, 0) is 82.0 Å². The quantitative estimate of drug-likeness (QED) is 0.224. The zero-order valence-electron chi connectivity index (χ0n) is 23.3. The van der Waals surface area contributed by atoms with Crippen LogP contribution in [0.4, 0.5) is 15.0 Å². The molecule has 1 amide bonds. The third kappa shape index (κ3) is 5.91. The third-order valence-electron chi connectivity index (χ3n) is 6.84. The maximum absolute atomic E-state index is 14.5. The standard InChI is InChI=1S/C28H33FIN7O3/c1-6-36(27(38)40-28(2,3)4)23-13-22-20(15-32-23)25(17-14-33-35(5)16-17)34-37(22)18-7-9-19(10-8-18)39-26-24(29)21(30)11-12-31-26/h11-16,18-19H,6-10H2,1-5H3. The predicted molar refractivity (Wildman–Crippen MR) is 158 cm³/mol. The normalized spacial score (nSPS) is 17.7. The summed E-state index contributed by atoms with van der Waals surface area (Å²) in [4.78, 5) is 23.2. The summed E-state index contributed by atoms with van der Waals surface area (Å²) in [5.74, 6) is 0.131. The number of aryl methyl sites for hydroxylation is 1. The summed E-state index contributed by atoms with van der Waals surface area (Å²) in [5.41, 5.74) is 1.92. The summed E-state index contributed by atoms with van der Waals surface area (Å²) in [5, 5.41) is 10.2. The maximum Gasteiger partial charge on any atom is 0.415 e.